The van der Waals surface area contributed by atoms with E-state index in [9.17, 15) is 0 Å². The molecule has 1 N–H and O–H groups in total. The van der Waals surface area contributed by atoms with Gasteiger partial charge in [-0.2, -0.15) is 11.8 Å². The fourth-order valence-electron chi connectivity index (χ4n) is 1.32. The zero-order valence-electron chi connectivity index (χ0n) is 7.84. The minimum Gasteiger partial charge on any atom is -0.380 e. The molecule has 1 unspecified atom stereocenters. The second-order valence-corrected chi connectivity index (χ2v) is 4.46. The number of hydrogen-bond donors (Lipinski definition) is 1. The van der Waals surface area contributed by atoms with E-state index in [1.54, 1.807) is 0 Å². The van der Waals surface area contributed by atoms with Gasteiger partial charge >= 0.3 is 0 Å². The van der Waals surface area contributed by atoms with Crippen LogP contribution in [0.4, 0.5) is 0 Å². The summed E-state index contributed by atoms with van der Waals surface area (Å²) in [7, 11) is 0. The van der Waals surface area contributed by atoms with Crippen molar-refractivity contribution >= 4 is 11.8 Å². The van der Waals surface area contributed by atoms with Gasteiger partial charge in [0.1, 0.15) is 0 Å². The minimum atomic E-state index is 0.636. The van der Waals surface area contributed by atoms with E-state index in [4.69, 9.17) is 4.74 Å². The van der Waals surface area contributed by atoms with Crippen molar-refractivity contribution < 1.29 is 4.74 Å². The SMILES string of the molecule is CCSCCCNC1CCOC1. The third-order valence-corrected chi connectivity index (χ3v) is 3.02. The Bertz CT molecular complexity index is 105. The van der Waals surface area contributed by atoms with Gasteiger partial charge in [-0.15, -0.1) is 0 Å². The molecule has 1 saturated heterocycles. The van der Waals surface area contributed by atoms with Gasteiger partial charge in [0.15, 0.2) is 0 Å². The standard InChI is InChI=1S/C9H19NOS/c1-2-12-7-3-5-10-9-4-6-11-8-9/h9-10H,2-8H2,1H3. The predicted molar refractivity (Wildman–Crippen MR) is 54.8 cm³/mol. The highest BCUT2D eigenvalue weighted by molar-refractivity contribution is 7.99. The monoisotopic (exact) mass is 189 g/mol. The van der Waals surface area contributed by atoms with E-state index in [1.807, 2.05) is 11.8 Å². The Hall–Kier alpha value is 0.270. The van der Waals surface area contributed by atoms with Gasteiger partial charge in [-0.3, -0.25) is 0 Å². The summed E-state index contributed by atoms with van der Waals surface area (Å²) in [6.07, 6.45) is 2.48. The highest BCUT2D eigenvalue weighted by atomic mass is 32.2. The Morgan fingerprint density at radius 2 is 2.50 bits per heavy atom. The zero-order chi connectivity index (χ0) is 8.65. The molecule has 72 valence electrons. The van der Waals surface area contributed by atoms with Gasteiger partial charge < -0.3 is 10.1 Å². The summed E-state index contributed by atoms with van der Waals surface area (Å²) < 4.78 is 5.27. The smallest absolute Gasteiger partial charge is 0.0620 e. The lowest BCUT2D eigenvalue weighted by Gasteiger charge is -2.09. The highest BCUT2D eigenvalue weighted by Crippen LogP contribution is 2.04. The summed E-state index contributed by atoms with van der Waals surface area (Å²) in [6, 6.07) is 0.636. The molecule has 1 aliphatic rings. The Kier molecular flexibility index (Phi) is 5.82. The summed E-state index contributed by atoms with van der Waals surface area (Å²) in [5.74, 6) is 2.53. The van der Waals surface area contributed by atoms with Crippen LogP contribution in [0.3, 0.4) is 0 Å². The molecular formula is C9H19NOS. The maximum absolute atomic E-state index is 5.27. The number of hydrogen-bond acceptors (Lipinski definition) is 3. The van der Waals surface area contributed by atoms with Gasteiger partial charge in [0, 0.05) is 12.6 Å². The Balaban J connectivity index is 1.81. The van der Waals surface area contributed by atoms with Crippen molar-refractivity contribution in [2.45, 2.75) is 25.8 Å². The second-order valence-electron chi connectivity index (χ2n) is 3.07. The fraction of sp³-hybridized carbons (Fsp3) is 1.00. The van der Waals surface area contributed by atoms with Gasteiger partial charge in [-0.05, 0) is 30.9 Å². The molecule has 0 aromatic rings. The van der Waals surface area contributed by atoms with Gasteiger partial charge in [0.25, 0.3) is 0 Å². The third-order valence-electron chi connectivity index (χ3n) is 2.03. The maximum Gasteiger partial charge on any atom is 0.0620 e. The first-order valence-electron chi connectivity index (χ1n) is 4.82. The average Bonchev–Trinajstić information content (AvgIpc) is 2.57. The quantitative estimate of drug-likeness (QED) is 0.640. The largest absolute Gasteiger partial charge is 0.380 e. The van der Waals surface area contributed by atoms with Crippen LogP contribution in [-0.4, -0.2) is 37.3 Å². The highest BCUT2D eigenvalue weighted by Gasteiger charge is 2.13. The lowest BCUT2D eigenvalue weighted by Crippen LogP contribution is -2.30. The molecule has 1 fully saturated rings. The molecule has 0 aliphatic carbocycles. The number of rotatable bonds is 6. The van der Waals surface area contributed by atoms with Crippen molar-refractivity contribution in [2.75, 3.05) is 31.3 Å². The molecule has 3 heteroatoms. The van der Waals surface area contributed by atoms with Gasteiger partial charge in [-0.1, -0.05) is 6.92 Å². The first kappa shape index (κ1) is 10.4. The lowest BCUT2D eigenvalue weighted by atomic mass is 10.2. The van der Waals surface area contributed by atoms with Crippen LogP contribution >= 0.6 is 11.8 Å². The van der Waals surface area contributed by atoms with E-state index in [0.717, 1.165) is 19.8 Å². The molecule has 12 heavy (non-hydrogen) atoms. The summed E-state index contributed by atoms with van der Waals surface area (Å²) in [4.78, 5) is 0. The molecule has 2 nitrogen and oxygen atoms in total. The third kappa shape index (κ3) is 4.33. The van der Waals surface area contributed by atoms with Crippen LogP contribution in [0.2, 0.25) is 0 Å². The molecule has 0 spiro atoms. The first-order valence-corrected chi connectivity index (χ1v) is 5.98. The molecule has 0 aromatic carbocycles. The number of thioether (sulfide) groups is 1. The predicted octanol–water partition coefficient (Wildman–Crippen LogP) is 1.51. The first-order chi connectivity index (χ1) is 5.93. The topological polar surface area (TPSA) is 21.3 Å². The molecule has 0 bridgehead atoms. The molecule has 0 aromatic heterocycles. The number of ether oxygens (including phenoxy) is 1. The van der Waals surface area contributed by atoms with E-state index in [-0.39, 0.29) is 0 Å². The Morgan fingerprint density at radius 1 is 1.58 bits per heavy atom. The van der Waals surface area contributed by atoms with E-state index >= 15 is 0 Å². The normalized spacial score (nSPS) is 23.2. The van der Waals surface area contributed by atoms with Crippen molar-refractivity contribution in [3.63, 3.8) is 0 Å². The van der Waals surface area contributed by atoms with Crippen molar-refractivity contribution in [1.82, 2.24) is 5.32 Å². The van der Waals surface area contributed by atoms with Gasteiger partial charge in [0.2, 0.25) is 0 Å². The summed E-state index contributed by atoms with van der Waals surface area (Å²) >= 11 is 2.02. The van der Waals surface area contributed by atoms with Crippen LogP contribution in [0, 0.1) is 0 Å². The van der Waals surface area contributed by atoms with Crippen LogP contribution < -0.4 is 5.32 Å². The van der Waals surface area contributed by atoms with E-state index in [1.165, 1.54) is 24.3 Å². The van der Waals surface area contributed by atoms with E-state index in [0.29, 0.717) is 6.04 Å². The lowest BCUT2D eigenvalue weighted by molar-refractivity contribution is 0.190. The Labute approximate surface area is 79.4 Å². The summed E-state index contributed by atoms with van der Waals surface area (Å²) in [5, 5.41) is 3.50. The molecule has 1 rings (SSSR count). The maximum atomic E-state index is 5.27. The molecule has 1 atom stereocenters. The van der Waals surface area contributed by atoms with Crippen LogP contribution in [0.25, 0.3) is 0 Å². The van der Waals surface area contributed by atoms with E-state index in [2.05, 4.69) is 12.2 Å². The van der Waals surface area contributed by atoms with Crippen molar-refractivity contribution in [1.29, 1.82) is 0 Å². The molecule has 0 saturated carbocycles. The fourth-order valence-corrected chi connectivity index (χ4v) is 1.96. The summed E-state index contributed by atoms with van der Waals surface area (Å²) in [6.45, 7) is 5.23. The van der Waals surface area contributed by atoms with Gasteiger partial charge in [0.05, 0.1) is 6.61 Å². The van der Waals surface area contributed by atoms with Crippen LogP contribution in [-0.2, 0) is 4.74 Å². The van der Waals surface area contributed by atoms with Gasteiger partial charge in [-0.25, -0.2) is 0 Å². The Morgan fingerprint density at radius 3 is 3.17 bits per heavy atom. The van der Waals surface area contributed by atoms with Crippen molar-refractivity contribution in [3.05, 3.63) is 0 Å². The minimum absolute atomic E-state index is 0.636. The van der Waals surface area contributed by atoms with Crippen LogP contribution in [0.15, 0.2) is 0 Å². The average molecular weight is 189 g/mol. The van der Waals surface area contributed by atoms with Crippen LogP contribution in [0.5, 0.6) is 0 Å². The molecule has 0 amide bonds. The number of nitrogens with one attached hydrogen (secondary N) is 1. The zero-order valence-corrected chi connectivity index (χ0v) is 8.66. The molecule has 1 heterocycles. The molecule has 1 aliphatic heterocycles. The summed E-state index contributed by atoms with van der Waals surface area (Å²) in [5.41, 5.74) is 0. The molecular weight excluding hydrogens is 170 g/mol. The van der Waals surface area contributed by atoms with Crippen LogP contribution in [0.1, 0.15) is 19.8 Å². The second kappa shape index (κ2) is 6.75. The van der Waals surface area contributed by atoms with Crippen molar-refractivity contribution in [2.24, 2.45) is 0 Å². The van der Waals surface area contributed by atoms with Crippen molar-refractivity contribution in [3.8, 4) is 0 Å². The molecule has 0 radical (unpaired) electrons. The van der Waals surface area contributed by atoms with E-state index < -0.39 is 0 Å².